The summed E-state index contributed by atoms with van der Waals surface area (Å²) in [6, 6.07) is 9.24. The van der Waals surface area contributed by atoms with Crippen LogP contribution in [0.15, 0.2) is 34.7 Å². The smallest absolute Gasteiger partial charge is 0.287 e. The van der Waals surface area contributed by atoms with Crippen molar-refractivity contribution < 1.29 is 23.5 Å². The summed E-state index contributed by atoms with van der Waals surface area (Å²) < 4.78 is 16.9. The number of furan rings is 1. The molecule has 1 aliphatic carbocycles. The lowest BCUT2D eigenvalue weighted by Crippen LogP contribution is -2.61. The largest absolute Gasteiger partial charge is 0.451 e. The average Bonchev–Trinajstić information content (AvgIpc) is 3.17. The molecule has 2 amide bonds. The van der Waals surface area contributed by atoms with Gasteiger partial charge in [-0.3, -0.25) is 9.59 Å². The quantitative estimate of drug-likeness (QED) is 0.778. The standard InChI is InChI=1S/C22H28N2O5/c1-27-17-7-8-18(28-2)20-15(17)11-14(21(25)24-20)9-10-23-22(26)19-12-13-5-3-4-6-16(13)29-19/h3-6,12,14-15,17-18,20H,7-11H2,1-2H3,(H,23,26)(H,24,25). The molecule has 156 valence electrons. The molecular formula is C22H28N2O5. The lowest BCUT2D eigenvalue weighted by Gasteiger charge is -2.46. The topological polar surface area (TPSA) is 89.8 Å². The van der Waals surface area contributed by atoms with E-state index in [1.54, 1.807) is 20.3 Å². The Kier molecular flexibility index (Phi) is 5.87. The van der Waals surface area contributed by atoms with Crippen molar-refractivity contribution in [1.82, 2.24) is 10.6 Å². The van der Waals surface area contributed by atoms with Crippen LogP contribution < -0.4 is 10.6 Å². The van der Waals surface area contributed by atoms with Crippen LogP contribution in [0.1, 0.15) is 36.2 Å². The molecule has 2 aromatic rings. The molecule has 2 heterocycles. The van der Waals surface area contributed by atoms with Crippen molar-refractivity contribution in [2.45, 2.75) is 43.9 Å². The zero-order valence-electron chi connectivity index (χ0n) is 16.9. The molecule has 1 aromatic carbocycles. The zero-order chi connectivity index (χ0) is 20.4. The molecule has 0 radical (unpaired) electrons. The maximum Gasteiger partial charge on any atom is 0.287 e. The number of para-hydroxylation sites is 1. The first kappa shape index (κ1) is 19.9. The molecule has 29 heavy (non-hydrogen) atoms. The molecule has 1 saturated heterocycles. The summed E-state index contributed by atoms with van der Waals surface area (Å²) in [5.41, 5.74) is 0.686. The first-order chi connectivity index (χ1) is 14.1. The van der Waals surface area contributed by atoms with Crippen molar-refractivity contribution in [2.75, 3.05) is 20.8 Å². The van der Waals surface area contributed by atoms with Crippen LogP contribution in [0.2, 0.25) is 0 Å². The summed E-state index contributed by atoms with van der Waals surface area (Å²) >= 11 is 0. The number of ether oxygens (including phenoxy) is 2. The molecule has 1 saturated carbocycles. The lowest BCUT2D eigenvalue weighted by molar-refractivity contribution is -0.139. The maximum absolute atomic E-state index is 12.6. The summed E-state index contributed by atoms with van der Waals surface area (Å²) in [7, 11) is 3.43. The van der Waals surface area contributed by atoms with Crippen molar-refractivity contribution in [3.8, 4) is 0 Å². The van der Waals surface area contributed by atoms with Crippen LogP contribution in [0.3, 0.4) is 0 Å². The Balaban J connectivity index is 1.34. The van der Waals surface area contributed by atoms with E-state index in [0.717, 1.165) is 24.6 Å². The monoisotopic (exact) mass is 400 g/mol. The summed E-state index contributed by atoms with van der Waals surface area (Å²) in [6.07, 6.45) is 3.30. The minimum atomic E-state index is -0.262. The van der Waals surface area contributed by atoms with Gasteiger partial charge in [0.1, 0.15) is 5.58 Å². The Morgan fingerprint density at radius 3 is 2.72 bits per heavy atom. The number of benzene rings is 1. The van der Waals surface area contributed by atoms with Gasteiger partial charge in [-0.15, -0.1) is 0 Å². The van der Waals surface area contributed by atoms with Gasteiger partial charge in [-0.25, -0.2) is 0 Å². The number of piperidine rings is 1. The number of amides is 2. The van der Waals surface area contributed by atoms with Crippen LogP contribution in [0.25, 0.3) is 11.0 Å². The predicted molar refractivity (Wildman–Crippen MR) is 108 cm³/mol. The molecule has 1 aliphatic heterocycles. The molecule has 2 fully saturated rings. The van der Waals surface area contributed by atoms with Gasteiger partial charge >= 0.3 is 0 Å². The molecule has 0 spiro atoms. The van der Waals surface area contributed by atoms with Gasteiger partial charge in [0.15, 0.2) is 5.76 Å². The maximum atomic E-state index is 12.6. The minimum Gasteiger partial charge on any atom is -0.451 e. The molecule has 7 heteroatoms. The SMILES string of the molecule is COC1CCC(OC)C2NC(=O)C(CCNC(=O)c3cc4ccccc4o3)CC12. The van der Waals surface area contributed by atoms with Crippen LogP contribution in [-0.4, -0.2) is 50.8 Å². The Bertz CT molecular complexity index is 846. The molecule has 7 nitrogen and oxygen atoms in total. The van der Waals surface area contributed by atoms with E-state index in [1.165, 1.54) is 0 Å². The molecule has 1 aromatic heterocycles. The number of carbonyl (C=O) groups excluding carboxylic acids is 2. The molecule has 5 atom stereocenters. The van der Waals surface area contributed by atoms with Gasteiger partial charge in [0, 0.05) is 38.0 Å². The molecular weight excluding hydrogens is 372 g/mol. The molecule has 4 rings (SSSR count). The van der Waals surface area contributed by atoms with Crippen molar-refractivity contribution in [1.29, 1.82) is 0 Å². The van der Waals surface area contributed by atoms with E-state index in [1.807, 2.05) is 24.3 Å². The van der Waals surface area contributed by atoms with Gasteiger partial charge in [0.05, 0.1) is 18.2 Å². The fourth-order valence-electron chi connectivity index (χ4n) is 4.79. The highest BCUT2D eigenvalue weighted by molar-refractivity contribution is 5.96. The first-order valence-corrected chi connectivity index (χ1v) is 10.2. The van der Waals surface area contributed by atoms with E-state index in [4.69, 9.17) is 13.9 Å². The van der Waals surface area contributed by atoms with Gasteiger partial charge in [-0.05, 0) is 37.8 Å². The summed E-state index contributed by atoms with van der Waals surface area (Å²) in [4.78, 5) is 25.0. The van der Waals surface area contributed by atoms with Crippen molar-refractivity contribution >= 4 is 22.8 Å². The highest BCUT2D eigenvalue weighted by atomic mass is 16.5. The Labute approximate surface area is 170 Å². The molecule has 5 unspecified atom stereocenters. The third-order valence-corrected chi connectivity index (χ3v) is 6.34. The average molecular weight is 400 g/mol. The summed E-state index contributed by atoms with van der Waals surface area (Å²) in [5.74, 6) is 0.132. The second-order valence-corrected chi connectivity index (χ2v) is 7.95. The number of hydrogen-bond donors (Lipinski definition) is 2. The van der Waals surface area contributed by atoms with E-state index in [9.17, 15) is 9.59 Å². The molecule has 0 bridgehead atoms. The van der Waals surface area contributed by atoms with Gasteiger partial charge < -0.3 is 24.5 Å². The van der Waals surface area contributed by atoms with E-state index in [-0.39, 0.29) is 47.7 Å². The molecule has 2 N–H and O–H groups in total. The van der Waals surface area contributed by atoms with Crippen LogP contribution >= 0.6 is 0 Å². The minimum absolute atomic E-state index is 0.00686. The number of carbonyl (C=O) groups is 2. The Morgan fingerprint density at radius 2 is 1.97 bits per heavy atom. The normalized spacial score (nSPS) is 29.3. The van der Waals surface area contributed by atoms with E-state index in [0.29, 0.717) is 18.5 Å². The Hall–Kier alpha value is -2.38. The van der Waals surface area contributed by atoms with Gasteiger partial charge in [0.2, 0.25) is 5.91 Å². The van der Waals surface area contributed by atoms with Gasteiger partial charge in [-0.2, -0.15) is 0 Å². The highest BCUT2D eigenvalue weighted by Crippen LogP contribution is 2.37. The number of methoxy groups -OCH3 is 2. The van der Waals surface area contributed by atoms with Crippen LogP contribution in [0, 0.1) is 11.8 Å². The van der Waals surface area contributed by atoms with E-state index in [2.05, 4.69) is 10.6 Å². The van der Waals surface area contributed by atoms with Gasteiger partial charge in [0.25, 0.3) is 5.91 Å². The molecule has 2 aliphatic rings. The number of rotatable bonds is 6. The number of fused-ring (bicyclic) bond motifs is 2. The van der Waals surface area contributed by atoms with Crippen molar-refractivity contribution in [3.63, 3.8) is 0 Å². The highest BCUT2D eigenvalue weighted by Gasteiger charge is 2.46. The van der Waals surface area contributed by atoms with Crippen molar-refractivity contribution in [2.24, 2.45) is 11.8 Å². The Morgan fingerprint density at radius 1 is 1.21 bits per heavy atom. The number of nitrogens with one attached hydrogen (secondary N) is 2. The lowest BCUT2D eigenvalue weighted by atomic mass is 9.72. The third kappa shape index (κ3) is 4.02. The van der Waals surface area contributed by atoms with Crippen LogP contribution in [-0.2, 0) is 14.3 Å². The predicted octanol–water partition coefficient (Wildman–Crippen LogP) is 2.50. The van der Waals surface area contributed by atoms with Crippen LogP contribution in [0.4, 0.5) is 0 Å². The van der Waals surface area contributed by atoms with E-state index < -0.39 is 0 Å². The first-order valence-electron chi connectivity index (χ1n) is 10.2. The van der Waals surface area contributed by atoms with Crippen molar-refractivity contribution in [3.05, 3.63) is 36.1 Å². The van der Waals surface area contributed by atoms with E-state index >= 15 is 0 Å². The summed E-state index contributed by atoms with van der Waals surface area (Å²) in [6.45, 7) is 0.413. The third-order valence-electron chi connectivity index (χ3n) is 6.34. The summed E-state index contributed by atoms with van der Waals surface area (Å²) in [5, 5.41) is 6.92. The fraction of sp³-hybridized carbons (Fsp3) is 0.545. The second kappa shape index (κ2) is 8.55. The van der Waals surface area contributed by atoms with Gasteiger partial charge in [-0.1, -0.05) is 18.2 Å². The fourth-order valence-corrected chi connectivity index (χ4v) is 4.79. The second-order valence-electron chi connectivity index (χ2n) is 7.95. The zero-order valence-corrected chi connectivity index (χ0v) is 16.9. The van der Waals surface area contributed by atoms with Crippen LogP contribution in [0.5, 0.6) is 0 Å². The number of hydrogen-bond acceptors (Lipinski definition) is 5.